The van der Waals surface area contributed by atoms with Crippen LogP contribution in [0.2, 0.25) is 0 Å². The van der Waals surface area contributed by atoms with Gasteiger partial charge >= 0.3 is 6.18 Å². The van der Waals surface area contributed by atoms with Crippen molar-refractivity contribution in [1.82, 2.24) is 4.98 Å². The molecule has 0 unspecified atom stereocenters. The van der Waals surface area contributed by atoms with Crippen molar-refractivity contribution in [2.24, 2.45) is 0 Å². The summed E-state index contributed by atoms with van der Waals surface area (Å²) in [7, 11) is 0. The minimum atomic E-state index is -4.24. The Labute approximate surface area is 69.6 Å². The van der Waals surface area contributed by atoms with Crippen LogP contribution in [0.5, 0.6) is 0 Å². The second kappa shape index (κ2) is 3.13. The molecule has 0 aliphatic heterocycles. The third-order valence-corrected chi connectivity index (χ3v) is 1.63. The summed E-state index contributed by atoms with van der Waals surface area (Å²) in [6.45, 7) is 1.07. The summed E-state index contributed by atoms with van der Waals surface area (Å²) in [6, 6.07) is 2.52. The zero-order valence-corrected chi connectivity index (χ0v) is 6.39. The van der Waals surface area contributed by atoms with E-state index in [2.05, 4.69) is 4.98 Å². The van der Waals surface area contributed by atoms with E-state index in [9.17, 15) is 13.2 Å². The summed E-state index contributed by atoms with van der Waals surface area (Å²) in [6.07, 6.45) is -3.19. The summed E-state index contributed by atoms with van der Waals surface area (Å²) < 4.78 is 43.5. The number of nitrogens with zero attached hydrogens (tertiary/aromatic N) is 1. The fourth-order valence-corrected chi connectivity index (χ4v) is 0.776. The molecule has 1 aromatic rings. The smallest absolute Gasteiger partial charge is 0.264 e. The third-order valence-electron chi connectivity index (χ3n) is 1.63. The van der Waals surface area contributed by atoms with Gasteiger partial charge in [-0.25, -0.2) is 0 Å². The topological polar surface area (TPSA) is 12.9 Å². The van der Waals surface area contributed by atoms with Crippen LogP contribution >= 0.6 is 0 Å². The molecule has 0 bridgehead atoms. The number of pyridine rings is 1. The van der Waals surface area contributed by atoms with E-state index in [1.54, 1.807) is 0 Å². The van der Waals surface area contributed by atoms with E-state index in [-0.39, 0.29) is 11.7 Å². The Bertz CT molecular complexity index is 280. The van der Waals surface area contributed by atoms with E-state index in [1.165, 1.54) is 12.1 Å². The van der Waals surface area contributed by atoms with Crippen molar-refractivity contribution in [3.05, 3.63) is 30.1 Å². The van der Waals surface area contributed by atoms with Gasteiger partial charge in [0.2, 0.25) is 0 Å². The molecule has 0 saturated heterocycles. The lowest BCUT2D eigenvalue weighted by Gasteiger charge is -2.14. The Balaban J connectivity index is 2.90. The van der Waals surface area contributed by atoms with Gasteiger partial charge in [-0.2, -0.15) is 13.2 Å². The highest BCUT2D eigenvalue weighted by Gasteiger charge is 2.36. The van der Waals surface area contributed by atoms with E-state index in [0.717, 1.165) is 13.1 Å². The maximum Gasteiger partial charge on any atom is 0.395 e. The summed E-state index contributed by atoms with van der Waals surface area (Å²) in [5.74, 6) is -1.53. The molecule has 12 heavy (non-hydrogen) atoms. The lowest BCUT2D eigenvalue weighted by molar-refractivity contribution is -0.146. The normalized spacial score (nSPS) is 15.5. The van der Waals surface area contributed by atoms with Crippen molar-refractivity contribution in [2.75, 3.05) is 0 Å². The molecule has 4 heteroatoms. The highest BCUT2D eigenvalue weighted by Crippen LogP contribution is 2.33. The molecule has 1 rings (SSSR count). The van der Waals surface area contributed by atoms with E-state index in [1.807, 2.05) is 0 Å². The van der Waals surface area contributed by atoms with E-state index in [4.69, 9.17) is 1.37 Å². The van der Waals surface area contributed by atoms with Crippen LogP contribution in [0.3, 0.4) is 0 Å². The minimum Gasteiger partial charge on any atom is -0.264 e. The number of alkyl halides is 3. The van der Waals surface area contributed by atoms with Crippen molar-refractivity contribution in [1.29, 1.82) is 0 Å². The maximum atomic E-state index is 12.2. The average molecular weight is 176 g/mol. The van der Waals surface area contributed by atoms with Crippen LogP contribution < -0.4 is 0 Å². The number of hydrogen-bond donors (Lipinski definition) is 0. The number of hydrogen-bond acceptors (Lipinski definition) is 1. The number of rotatable bonds is 1. The first-order valence-electron chi connectivity index (χ1n) is 3.90. The predicted octanol–water partition coefficient (Wildman–Crippen LogP) is 2.75. The molecule has 0 spiro atoms. The highest BCUT2D eigenvalue weighted by molar-refractivity contribution is 5.15. The molecular formula is C8H8F3N. The number of halogens is 3. The van der Waals surface area contributed by atoms with Crippen LogP contribution in [0, 0.1) is 0 Å². The Kier molecular flexibility index (Phi) is 1.98. The van der Waals surface area contributed by atoms with Crippen LogP contribution in [-0.2, 0) is 0 Å². The van der Waals surface area contributed by atoms with Gasteiger partial charge in [-0.15, -0.1) is 0 Å². The molecule has 66 valence electrons. The van der Waals surface area contributed by atoms with Gasteiger partial charge in [0.25, 0.3) is 0 Å². The van der Waals surface area contributed by atoms with Crippen molar-refractivity contribution < 1.29 is 14.5 Å². The minimum absolute atomic E-state index is 0.0295. The van der Waals surface area contributed by atoms with Gasteiger partial charge < -0.3 is 0 Å². The van der Waals surface area contributed by atoms with Crippen molar-refractivity contribution in [2.45, 2.75) is 19.0 Å². The predicted molar refractivity (Wildman–Crippen MR) is 38.7 cm³/mol. The Morgan fingerprint density at radius 1 is 1.58 bits per heavy atom. The first-order chi connectivity index (χ1) is 5.91. The molecule has 1 aromatic heterocycles. The fourth-order valence-electron chi connectivity index (χ4n) is 0.776. The molecule has 0 aliphatic rings. The van der Waals surface area contributed by atoms with Crippen molar-refractivity contribution >= 4 is 0 Å². The van der Waals surface area contributed by atoms with Crippen molar-refractivity contribution in [3.63, 3.8) is 0 Å². The third kappa shape index (κ3) is 1.96. The van der Waals surface area contributed by atoms with Gasteiger partial charge in [-0.05, 0) is 18.6 Å². The monoisotopic (exact) mass is 176 g/mol. The Morgan fingerprint density at radius 3 is 2.67 bits per heavy atom. The highest BCUT2D eigenvalue weighted by atomic mass is 19.4. The summed E-state index contributed by atoms with van der Waals surface area (Å²) >= 11 is 0. The van der Waals surface area contributed by atoms with Crippen molar-refractivity contribution in [3.8, 4) is 0 Å². The Morgan fingerprint density at radius 2 is 2.25 bits per heavy atom. The lowest BCUT2D eigenvalue weighted by Crippen LogP contribution is -2.17. The quantitative estimate of drug-likeness (QED) is 0.641. The van der Waals surface area contributed by atoms with Crippen LogP contribution in [0.15, 0.2) is 24.5 Å². The first kappa shape index (κ1) is 7.58. The van der Waals surface area contributed by atoms with Gasteiger partial charge in [0.15, 0.2) is 0 Å². The lowest BCUT2D eigenvalue weighted by atomic mass is 10.0. The molecule has 0 amide bonds. The fraction of sp³-hybridized carbons (Fsp3) is 0.375. The zero-order valence-electron chi connectivity index (χ0n) is 7.39. The molecule has 1 heterocycles. The summed E-state index contributed by atoms with van der Waals surface area (Å²) in [4.78, 5) is 3.48. The van der Waals surface area contributed by atoms with Crippen LogP contribution in [0.25, 0.3) is 0 Å². The molecule has 1 nitrogen and oxygen atoms in total. The molecule has 1 atom stereocenters. The van der Waals surface area contributed by atoms with Gasteiger partial charge in [-0.3, -0.25) is 4.98 Å². The van der Waals surface area contributed by atoms with E-state index >= 15 is 0 Å². The molecule has 0 saturated carbocycles. The van der Waals surface area contributed by atoms with Crippen LogP contribution in [0.1, 0.15) is 19.8 Å². The first-order valence-corrected chi connectivity index (χ1v) is 3.40. The zero-order chi connectivity index (χ0) is 10.1. The molecule has 0 N–H and O–H groups in total. The van der Waals surface area contributed by atoms with Gasteiger partial charge in [0.1, 0.15) is 0 Å². The second-order valence-corrected chi connectivity index (χ2v) is 2.48. The van der Waals surface area contributed by atoms with E-state index in [0.29, 0.717) is 0 Å². The van der Waals surface area contributed by atoms with Crippen LogP contribution in [-0.4, -0.2) is 11.2 Å². The molecular weight excluding hydrogens is 167 g/mol. The summed E-state index contributed by atoms with van der Waals surface area (Å²) in [5.41, 5.74) is 0.0866. The molecule has 0 aliphatic carbocycles. The largest absolute Gasteiger partial charge is 0.395 e. The van der Waals surface area contributed by atoms with Gasteiger partial charge in [-0.1, -0.05) is 6.07 Å². The van der Waals surface area contributed by atoms with Gasteiger partial charge in [0.05, 0.1) is 7.29 Å². The van der Waals surface area contributed by atoms with E-state index < -0.39 is 12.1 Å². The standard InChI is InChI=1S/C8H8F3N/c1-6(8(9,10)11)7-3-2-4-12-5-7/h2-6H,1H3/t6-/m0/s1/i4D. The molecule has 0 aromatic carbocycles. The van der Waals surface area contributed by atoms with Crippen LogP contribution in [0.4, 0.5) is 13.2 Å². The average Bonchev–Trinajstić information content (AvgIpc) is 2.03. The maximum absolute atomic E-state index is 12.2. The summed E-state index contributed by atoms with van der Waals surface area (Å²) in [5, 5.41) is 0. The van der Waals surface area contributed by atoms with Gasteiger partial charge in [0, 0.05) is 12.4 Å². The Hall–Kier alpha value is -1.06. The SMILES string of the molecule is [2H]c1ccc([C@H](C)C(F)(F)F)cn1. The number of aromatic nitrogens is 1. The molecule has 0 fully saturated rings. The molecule has 0 radical (unpaired) electrons. The second-order valence-electron chi connectivity index (χ2n) is 2.48.